The topological polar surface area (TPSA) is 94.4 Å². The van der Waals surface area contributed by atoms with Gasteiger partial charge in [-0.15, -0.1) is 12.4 Å². The van der Waals surface area contributed by atoms with Crippen LogP contribution in [0.2, 0.25) is 0 Å². The van der Waals surface area contributed by atoms with E-state index in [0.717, 1.165) is 50.9 Å². The molecular weight excluding hydrogens is 474 g/mol. The molecule has 0 spiro atoms. The summed E-state index contributed by atoms with van der Waals surface area (Å²) in [5, 5.41) is 10.7. The molecule has 4 rings (SSSR count). The molecule has 2 aliphatic rings. The van der Waals surface area contributed by atoms with E-state index in [1.807, 2.05) is 11.0 Å². The highest BCUT2D eigenvalue weighted by Gasteiger charge is 2.33. The second kappa shape index (κ2) is 12.1. The largest absolute Gasteiger partial charge is 0.494 e. The van der Waals surface area contributed by atoms with Crippen LogP contribution in [0, 0.1) is 10.1 Å². The Bertz CT molecular complexity index is 1030. The minimum atomic E-state index is -0.421. The van der Waals surface area contributed by atoms with Crippen LogP contribution in [-0.2, 0) is 6.42 Å². The third-order valence-electron chi connectivity index (χ3n) is 6.58. The quantitative estimate of drug-likeness (QED) is 0.289. The molecule has 190 valence electrons. The highest BCUT2D eigenvalue weighted by Crippen LogP contribution is 2.34. The summed E-state index contributed by atoms with van der Waals surface area (Å²) in [5.41, 5.74) is 1.77. The predicted molar refractivity (Wildman–Crippen MR) is 134 cm³/mol. The Labute approximate surface area is 211 Å². The van der Waals surface area contributed by atoms with E-state index in [1.165, 1.54) is 12.1 Å². The number of nitrogens with zero attached hydrogens (tertiary/aromatic N) is 3. The van der Waals surface area contributed by atoms with Crippen LogP contribution in [0.1, 0.15) is 35.2 Å². The first-order chi connectivity index (χ1) is 16.5. The number of hydrogen-bond donors (Lipinski definition) is 0. The molecule has 0 radical (unpaired) electrons. The lowest BCUT2D eigenvalue weighted by molar-refractivity contribution is -0.384. The number of amides is 1. The molecule has 9 nitrogen and oxygen atoms in total. The summed E-state index contributed by atoms with van der Waals surface area (Å²) in [6, 6.07) is 10.1. The second-order valence-corrected chi connectivity index (χ2v) is 8.66. The van der Waals surface area contributed by atoms with Crippen molar-refractivity contribution in [1.82, 2.24) is 9.80 Å². The fourth-order valence-corrected chi connectivity index (χ4v) is 4.80. The summed E-state index contributed by atoms with van der Waals surface area (Å²) in [6.45, 7) is 4.00. The number of piperidine rings is 1. The molecule has 1 atom stereocenters. The number of carbonyl (C=O) groups is 1. The zero-order valence-corrected chi connectivity index (χ0v) is 20.9. The molecule has 2 heterocycles. The number of non-ortho nitro benzene ring substituents is 1. The molecule has 0 bridgehead atoms. The molecule has 1 fully saturated rings. The van der Waals surface area contributed by atoms with Gasteiger partial charge in [0.05, 0.1) is 25.7 Å². The summed E-state index contributed by atoms with van der Waals surface area (Å²) < 4.78 is 16.5. The van der Waals surface area contributed by atoms with Crippen molar-refractivity contribution in [1.29, 1.82) is 0 Å². The van der Waals surface area contributed by atoms with E-state index in [0.29, 0.717) is 36.0 Å². The van der Waals surface area contributed by atoms with Crippen LogP contribution >= 0.6 is 12.4 Å². The third-order valence-corrected chi connectivity index (χ3v) is 6.58. The monoisotopic (exact) mass is 505 g/mol. The predicted octanol–water partition coefficient (Wildman–Crippen LogP) is 3.97. The molecule has 0 saturated carbocycles. The second-order valence-electron chi connectivity index (χ2n) is 8.66. The molecule has 35 heavy (non-hydrogen) atoms. The van der Waals surface area contributed by atoms with Crippen LogP contribution in [0.4, 0.5) is 5.69 Å². The first-order valence-corrected chi connectivity index (χ1v) is 11.7. The molecule has 1 unspecified atom stereocenters. The van der Waals surface area contributed by atoms with Crippen molar-refractivity contribution in [2.24, 2.45) is 0 Å². The smallest absolute Gasteiger partial charge is 0.269 e. The van der Waals surface area contributed by atoms with Crippen LogP contribution in [0.5, 0.6) is 17.2 Å². The summed E-state index contributed by atoms with van der Waals surface area (Å²) >= 11 is 0. The van der Waals surface area contributed by atoms with Gasteiger partial charge in [-0.2, -0.15) is 0 Å². The van der Waals surface area contributed by atoms with E-state index in [1.54, 1.807) is 32.4 Å². The maximum Gasteiger partial charge on any atom is 0.269 e. The molecular formula is C25H32ClN3O6. The van der Waals surface area contributed by atoms with Crippen molar-refractivity contribution in [3.8, 4) is 17.2 Å². The Morgan fingerprint density at radius 1 is 1.09 bits per heavy atom. The first kappa shape index (κ1) is 26.6. The highest BCUT2D eigenvalue weighted by molar-refractivity contribution is 5.97. The van der Waals surface area contributed by atoms with Crippen molar-refractivity contribution in [2.75, 3.05) is 47.0 Å². The normalized spacial score (nSPS) is 17.8. The lowest BCUT2D eigenvalue weighted by atomic mass is 9.94. The number of carbonyl (C=O) groups excluding carboxylic acids is 1. The summed E-state index contributed by atoms with van der Waals surface area (Å²) in [4.78, 5) is 28.1. The fourth-order valence-electron chi connectivity index (χ4n) is 4.80. The van der Waals surface area contributed by atoms with Crippen molar-refractivity contribution in [3.63, 3.8) is 0 Å². The number of rotatable bonds is 9. The molecule has 0 aromatic heterocycles. The average molecular weight is 506 g/mol. The Balaban J connectivity index is 0.00000342. The van der Waals surface area contributed by atoms with Gasteiger partial charge in [0.25, 0.3) is 11.6 Å². The van der Waals surface area contributed by atoms with E-state index in [9.17, 15) is 14.9 Å². The van der Waals surface area contributed by atoms with E-state index < -0.39 is 4.92 Å². The summed E-state index contributed by atoms with van der Waals surface area (Å²) in [5.74, 6) is 1.93. The molecule has 2 aromatic carbocycles. The van der Waals surface area contributed by atoms with Crippen LogP contribution < -0.4 is 14.2 Å². The molecule has 0 aliphatic carbocycles. The van der Waals surface area contributed by atoms with Gasteiger partial charge < -0.3 is 24.0 Å². The van der Waals surface area contributed by atoms with Gasteiger partial charge in [-0.1, -0.05) is 0 Å². The maximum atomic E-state index is 13.3. The zero-order valence-electron chi connectivity index (χ0n) is 20.1. The maximum absolute atomic E-state index is 13.3. The molecule has 2 aromatic rings. The number of hydrogen-bond acceptors (Lipinski definition) is 7. The Hall–Kier alpha value is -3.04. The molecule has 0 N–H and O–H groups in total. The van der Waals surface area contributed by atoms with Crippen LogP contribution in [0.3, 0.4) is 0 Å². The standard InChI is InChI=1S/C25H31N3O6.ClH/c1-32-23-15-18-10-13-27(25(29)22(18)16-24(23)33-2)20-5-3-11-26(17-20)12-4-14-34-21-8-6-19(7-9-21)28(30)31;/h6-9,15-16,20H,3-5,10-14,17H2,1-2H3;1H. The highest BCUT2D eigenvalue weighted by atomic mass is 35.5. The first-order valence-electron chi connectivity index (χ1n) is 11.7. The van der Waals surface area contributed by atoms with E-state index in [-0.39, 0.29) is 30.0 Å². The van der Waals surface area contributed by atoms with Gasteiger partial charge in [-0.05, 0) is 62.1 Å². The van der Waals surface area contributed by atoms with Gasteiger partial charge in [0.15, 0.2) is 11.5 Å². The van der Waals surface area contributed by atoms with Gasteiger partial charge >= 0.3 is 0 Å². The van der Waals surface area contributed by atoms with Crippen molar-refractivity contribution < 1.29 is 23.9 Å². The van der Waals surface area contributed by atoms with Gasteiger partial charge in [-0.25, -0.2) is 0 Å². The van der Waals surface area contributed by atoms with Gasteiger partial charge in [0.1, 0.15) is 5.75 Å². The van der Waals surface area contributed by atoms with E-state index >= 15 is 0 Å². The fraction of sp³-hybridized carbons (Fsp3) is 0.480. The minimum absolute atomic E-state index is 0. The Morgan fingerprint density at radius 3 is 2.49 bits per heavy atom. The number of nitro groups is 1. The van der Waals surface area contributed by atoms with E-state index in [2.05, 4.69) is 4.90 Å². The number of fused-ring (bicyclic) bond motifs is 1. The minimum Gasteiger partial charge on any atom is -0.494 e. The van der Waals surface area contributed by atoms with Crippen molar-refractivity contribution in [2.45, 2.75) is 31.7 Å². The van der Waals surface area contributed by atoms with Crippen LogP contribution in [-0.4, -0.2) is 73.7 Å². The molecule has 2 aliphatic heterocycles. The van der Waals surface area contributed by atoms with Crippen LogP contribution in [0.15, 0.2) is 36.4 Å². The Morgan fingerprint density at radius 2 is 1.80 bits per heavy atom. The number of nitro benzene ring substituents is 1. The van der Waals surface area contributed by atoms with E-state index in [4.69, 9.17) is 14.2 Å². The number of likely N-dealkylation sites (tertiary alicyclic amines) is 1. The van der Waals surface area contributed by atoms with Crippen molar-refractivity contribution in [3.05, 3.63) is 57.6 Å². The number of halogens is 1. The van der Waals surface area contributed by atoms with Gasteiger partial charge in [0.2, 0.25) is 0 Å². The number of methoxy groups -OCH3 is 2. The molecule has 10 heteroatoms. The SMILES string of the molecule is COc1cc2c(cc1OC)C(=O)N(C1CCCN(CCCOc3ccc([N+](=O)[O-])cc3)C1)CC2.Cl. The summed E-state index contributed by atoms with van der Waals surface area (Å²) in [7, 11) is 3.19. The molecule has 1 saturated heterocycles. The zero-order chi connectivity index (χ0) is 24.1. The summed E-state index contributed by atoms with van der Waals surface area (Å²) in [6.07, 6.45) is 3.71. The third kappa shape index (κ3) is 6.15. The van der Waals surface area contributed by atoms with Gasteiger partial charge in [-0.3, -0.25) is 14.9 Å². The lowest BCUT2D eigenvalue weighted by Crippen LogP contribution is -2.52. The van der Waals surface area contributed by atoms with Gasteiger partial charge in [0, 0.05) is 43.4 Å². The van der Waals surface area contributed by atoms with Crippen LogP contribution in [0.25, 0.3) is 0 Å². The molecule has 1 amide bonds. The number of ether oxygens (including phenoxy) is 3. The van der Waals surface area contributed by atoms with Crippen molar-refractivity contribution >= 4 is 24.0 Å². The Kier molecular flexibility index (Phi) is 9.17. The average Bonchev–Trinajstić information content (AvgIpc) is 2.86. The lowest BCUT2D eigenvalue weighted by Gasteiger charge is -2.41. The number of benzene rings is 2.